The summed E-state index contributed by atoms with van der Waals surface area (Å²) in [6, 6.07) is 15.5. The second kappa shape index (κ2) is 15.3. The number of carbonyl (C=O) groups excluding carboxylic acids is 1. The van der Waals surface area contributed by atoms with Crippen molar-refractivity contribution in [2.24, 2.45) is 5.73 Å². The SMILES string of the molecule is CSc1ccc2c(c1)C(N1CCN(C)CC1)Cc1ccccc1S2.NC(=O)NO.O=C(O)C=CC(=O)O. The first-order valence-electron chi connectivity index (χ1n) is 11.3. The minimum Gasteiger partial charge on any atom is -0.478 e. The van der Waals surface area contributed by atoms with Crippen molar-refractivity contribution in [2.75, 3.05) is 39.5 Å². The summed E-state index contributed by atoms with van der Waals surface area (Å²) in [4.78, 5) is 37.7. The first-order valence-corrected chi connectivity index (χ1v) is 13.4. The number of fused-ring (bicyclic) bond motifs is 2. The molecule has 2 aliphatic rings. The highest BCUT2D eigenvalue weighted by Crippen LogP contribution is 2.44. The third kappa shape index (κ3) is 10.1. The molecule has 1 atom stereocenters. The van der Waals surface area contributed by atoms with Crippen LogP contribution >= 0.6 is 23.5 Å². The van der Waals surface area contributed by atoms with Crippen LogP contribution in [0.2, 0.25) is 0 Å². The normalized spacial score (nSPS) is 17.1. The number of piperazine rings is 1. The van der Waals surface area contributed by atoms with E-state index in [4.69, 9.17) is 15.4 Å². The molecule has 12 heteroatoms. The van der Waals surface area contributed by atoms with Crippen molar-refractivity contribution in [2.45, 2.75) is 27.1 Å². The Morgan fingerprint density at radius 1 is 1.03 bits per heavy atom. The molecule has 2 aromatic rings. The fourth-order valence-electron chi connectivity index (χ4n) is 3.82. The standard InChI is InChI=1S/C20H24N2S2.C4H4O4.CH4N2O2/c1-21-9-11-22(12-10-21)18-13-15-5-3-4-6-19(15)24-20-8-7-16(23-2)14-17(18)20;5-3(6)1-2-4(7)8;2-1(4)3-5/h3-8,14,18H,9-13H2,1-2H3;1-2H,(H,5,6)(H,7,8);5H,(H3,2,3,4). The van der Waals surface area contributed by atoms with Gasteiger partial charge in [0.25, 0.3) is 0 Å². The number of nitrogens with zero attached hydrogens (tertiary/aromatic N) is 2. The van der Waals surface area contributed by atoms with Crippen molar-refractivity contribution in [1.82, 2.24) is 15.3 Å². The van der Waals surface area contributed by atoms with Gasteiger partial charge in [-0.2, -0.15) is 0 Å². The Kier molecular flexibility index (Phi) is 12.5. The smallest absolute Gasteiger partial charge is 0.335 e. The number of carbonyl (C=O) groups is 3. The van der Waals surface area contributed by atoms with Gasteiger partial charge < -0.3 is 20.8 Å². The Morgan fingerprint density at radius 3 is 2.16 bits per heavy atom. The number of urea groups is 1. The second-order valence-corrected chi connectivity index (χ2v) is 10.1. The van der Waals surface area contributed by atoms with Gasteiger partial charge in [-0.3, -0.25) is 10.1 Å². The number of rotatable bonds is 4. The summed E-state index contributed by atoms with van der Waals surface area (Å²) in [5.74, 6) is -2.51. The maximum absolute atomic E-state index is 9.55. The first-order chi connectivity index (χ1) is 17.6. The van der Waals surface area contributed by atoms with E-state index in [-0.39, 0.29) is 0 Å². The highest BCUT2D eigenvalue weighted by Gasteiger charge is 2.29. The Labute approximate surface area is 224 Å². The molecule has 2 amide bonds. The molecule has 2 aliphatic heterocycles. The molecule has 10 nitrogen and oxygen atoms in total. The van der Waals surface area contributed by atoms with Crippen molar-refractivity contribution < 1.29 is 29.8 Å². The topological polar surface area (TPSA) is 156 Å². The van der Waals surface area contributed by atoms with E-state index in [0.717, 1.165) is 19.5 Å². The zero-order chi connectivity index (χ0) is 27.4. The largest absolute Gasteiger partial charge is 0.478 e. The van der Waals surface area contributed by atoms with Crippen LogP contribution in [0, 0.1) is 0 Å². The van der Waals surface area contributed by atoms with E-state index in [1.165, 1.54) is 44.4 Å². The zero-order valence-corrected chi connectivity index (χ0v) is 22.3. The highest BCUT2D eigenvalue weighted by molar-refractivity contribution is 7.99. The first kappa shape index (κ1) is 30.2. The predicted molar refractivity (Wildman–Crippen MR) is 143 cm³/mol. The van der Waals surface area contributed by atoms with Crippen molar-refractivity contribution in [3.8, 4) is 0 Å². The monoisotopic (exact) mass is 548 g/mol. The van der Waals surface area contributed by atoms with Crippen LogP contribution in [-0.4, -0.2) is 82.7 Å². The number of thioether (sulfide) groups is 1. The van der Waals surface area contributed by atoms with E-state index in [1.807, 2.05) is 23.5 Å². The molecule has 0 aliphatic carbocycles. The number of aliphatic carboxylic acids is 2. The molecule has 1 fully saturated rings. The molecule has 4 rings (SSSR count). The van der Waals surface area contributed by atoms with Crippen LogP contribution in [0.4, 0.5) is 4.79 Å². The average molecular weight is 549 g/mol. The molecule has 1 unspecified atom stereocenters. The maximum atomic E-state index is 9.55. The van der Waals surface area contributed by atoms with Gasteiger partial charge in [0, 0.05) is 59.1 Å². The van der Waals surface area contributed by atoms with Crippen LogP contribution in [-0.2, 0) is 16.0 Å². The van der Waals surface area contributed by atoms with Gasteiger partial charge in [-0.1, -0.05) is 30.0 Å². The number of likely N-dealkylation sites (N-methyl/N-ethyl adjacent to an activating group) is 1. The molecule has 1 saturated heterocycles. The summed E-state index contributed by atoms with van der Waals surface area (Å²) in [7, 11) is 2.23. The second-order valence-electron chi connectivity index (χ2n) is 8.16. The molecule has 0 aromatic heterocycles. The number of carboxylic acid groups (broad SMARTS) is 2. The van der Waals surface area contributed by atoms with Crippen molar-refractivity contribution >= 4 is 41.5 Å². The fraction of sp³-hybridized carbons (Fsp3) is 0.320. The summed E-state index contributed by atoms with van der Waals surface area (Å²) in [6.07, 6.45) is 4.41. The molecular formula is C25H32N4O6S2. The van der Waals surface area contributed by atoms with Crippen LogP contribution in [0.15, 0.2) is 69.3 Å². The molecule has 2 heterocycles. The maximum Gasteiger partial charge on any atom is 0.335 e. The molecule has 0 spiro atoms. The molecule has 37 heavy (non-hydrogen) atoms. The third-order valence-electron chi connectivity index (χ3n) is 5.64. The molecule has 6 N–H and O–H groups in total. The van der Waals surface area contributed by atoms with Gasteiger partial charge in [0.05, 0.1) is 0 Å². The lowest BCUT2D eigenvalue weighted by Gasteiger charge is -2.38. The summed E-state index contributed by atoms with van der Waals surface area (Å²) >= 11 is 3.79. The Balaban J connectivity index is 0.000000309. The zero-order valence-electron chi connectivity index (χ0n) is 20.7. The molecule has 0 saturated carbocycles. The van der Waals surface area contributed by atoms with E-state index in [0.29, 0.717) is 18.2 Å². The number of hydroxylamine groups is 1. The minimum absolute atomic E-state index is 0.497. The van der Waals surface area contributed by atoms with Gasteiger partial charge in [0.2, 0.25) is 0 Å². The van der Waals surface area contributed by atoms with Gasteiger partial charge >= 0.3 is 18.0 Å². The number of nitrogens with one attached hydrogen (secondary N) is 1. The number of nitrogens with two attached hydrogens (primary N) is 1. The Hall–Kier alpha value is -3.03. The van der Waals surface area contributed by atoms with Gasteiger partial charge in [-0.25, -0.2) is 19.9 Å². The number of hydrogen-bond acceptors (Lipinski definition) is 8. The minimum atomic E-state index is -1.26. The van der Waals surface area contributed by atoms with Crippen LogP contribution < -0.4 is 11.2 Å². The molecular weight excluding hydrogens is 516 g/mol. The molecule has 200 valence electrons. The predicted octanol–water partition coefficient (Wildman–Crippen LogP) is 3.16. The third-order valence-corrected chi connectivity index (χ3v) is 7.57. The Bertz CT molecular complexity index is 1090. The van der Waals surface area contributed by atoms with E-state index in [2.05, 4.69) is 71.3 Å². The van der Waals surface area contributed by atoms with Crippen molar-refractivity contribution in [3.05, 3.63) is 65.7 Å². The number of primary amides is 1. The van der Waals surface area contributed by atoms with Gasteiger partial charge in [0.1, 0.15) is 0 Å². The highest BCUT2D eigenvalue weighted by atomic mass is 32.2. The van der Waals surface area contributed by atoms with Crippen LogP contribution in [0.25, 0.3) is 0 Å². The van der Waals surface area contributed by atoms with Crippen LogP contribution in [0.1, 0.15) is 17.2 Å². The van der Waals surface area contributed by atoms with E-state index in [1.54, 1.807) is 0 Å². The molecule has 2 aromatic carbocycles. The quantitative estimate of drug-likeness (QED) is 0.166. The summed E-state index contributed by atoms with van der Waals surface area (Å²) in [5, 5.41) is 23.0. The number of hydrogen-bond donors (Lipinski definition) is 5. The number of carboxylic acids is 2. The van der Waals surface area contributed by atoms with E-state index in [9.17, 15) is 14.4 Å². The lowest BCUT2D eigenvalue weighted by atomic mass is 9.96. The van der Waals surface area contributed by atoms with Crippen LogP contribution in [0.3, 0.4) is 0 Å². The number of benzene rings is 2. The lowest BCUT2D eigenvalue weighted by Crippen LogP contribution is -2.46. The van der Waals surface area contributed by atoms with Crippen molar-refractivity contribution in [1.29, 1.82) is 0 Å². The van der Waals surface area contributed by atoms with Gasteiger partial charge in [0.15, 0.2) is 0 Å². The van der Waals surface area contributed by atoms with Gasteiger partial charge in [-0.15, -0.1) is 11.8 Å². The van der Waals surface area contributed by atoms with Gasteiger partial charge in [-0.05, 0) is 55.1 Å². The lowest BCUT2D eigenvalue weighted by molar-refractivity contribution is -0.134. The molecule has 0 bridgehead atoms. The average Bonchev–Trinajstić information content (AvgIpc) is 3.05. The van der Waals surface area contributed by atoms with Crippen molar-refractivity contribution in [3.63, 3.8) is 0 Å². The summed E-state index contributed by atoms with van der Waals surface area (Å²) in [6.45, 7) is 4.67. The van der Waals surface area contributed by atoms with Crippen LogP contribution in [0.5, 0.6) is 0 Å². The Morgan fingerprint density at radius 2 is 1.62 bits per heavy atom. The van der Waals surface area contributed by atoms with E-state index < -0.39 is 18.0 Å². The fourth-order valence-corrected chi connectivity index (χ4v) is 5.38. The van der Waals surface area contributed by atoms with E-state index >= 15 is 0 Å². The molecule has 0 radical (unpaired) electrons. The summed E-state index contributed by atoms with van der Waals surface area (Å²) < 4.78 is 0. The summed E-state index contributed by atoms with van der Waals surface area (Å²) in [5.41, 5.74) is 8.47. The number of amides is 2.